The Morgan fingerprint density at radius 2 is 1.92 bits per heavy atom. The Labute approximate surface area is 147 Å². The third kappa shape index (κ3) is 3.06. The third-order valence-electron chi connectivity index (χ3n) is 5.14. The van der Waals surface area contributed by atoms with E-state index in [1.54, 1.807) is 0 Å². The van der Waals surface area contributed by atoms with Crippen LogP contribution >= 0.6 is 11.3 Å². The Morgan fingerprint density at radius 1 is 1.17 bits per heavy atom. The number of amides is 2. The van der Waals surface area contributed by atoms with Gasteiger partial charge in [-0.3, -0.25) is 4.90 Å². The second kappa shape index (κ2) is 6.57. The normalized spacial score (nSPS) is 23.5. The summed E-state index contributed by atoms with van der Waals surface area (Å²) in [5, 5.41) is 5.25. The number of carbonyl (C=O) groups is 1. The fourth-order valence-electron chi connectivity index (χ4n) is 3.97. The van der Waals surface area contributed by atoms with Crippen molar-refractivity contribution in [1.82, 2.24) is 9.80 Å². The molecule has 2 aliphatic rings. The van der Waals surface area contributed by atoms with Crippen LogP contribution in [0.25, 0.3) is 0 Å². The highest BCUT2D eigenvalue weighted by Gasteiger charge is 2.42. The van der Waals surface area contributed by atoms with Gasteiger partial charge in [0.05, 0.1) is 0 Å². The van der Waals surface area contributed by atoms with Crippen LogP contribution in [-0.2, 0) is 6.54 Å². The van der Waals surface area contributed by atoms with Crippen LogP contribution in [0.5, 0.6) is 0 Å². The number of urea groups is 1. The van der Waals surface area contributed by atoms with Gasteiger partial charge in [0.25, 0.3) is 0 Å². The lowest BCUT2D eigenvalue weighted by molar-refractivity contribution is 0.0908. The van der Waals surface area contributed by atoms with Gasteiger partial charge in [-0.25, -0.2) is 4.79 Å². The van der Waals surface area contributed by atoms with Crippen molar-refractivity contribution in [2.24, 2.45) is 0 Å². The fourth-order valence-corrected chi connectivity index (χ4v) is 4.71. The molecule has 5 heteroatoms. The maximum atomic E-state index is 12.8. The number of para-hydroxylation sites is 1. The molecular weight excluding hydrogens is 318 g/mol. The number of anilines is 1. The topological polar surface area (TPSA) is 35.6 Å². The summed E-state index contributed by atoms with van der Waals surface area (Å²) in [5.74, 6) is 0. The lowest BCUT2D eigenvalue weighted by atomic mass is 10.2. The Morgan fingerprint density at radius 3 is 2.58 bits per heavy atom. The Hall–Kier alpha value is -1.85. The van der Waals surface area contributed by atoms with E-state index in [0.29, 0.717) is 12.1 Å². The first-order chi connectivity index (χ1) is 11.7. The van der Waals surface area contributed by atoms with Gasteiger partial charge in [0.15, 0.2) is 0 Å². The first-order valence-corrected chi connectivity index (χ1v) is 9.48. The zero-order chi connectivity index (χ0) is 16.5. The zero-order valence-corrected chi connectivity index (χ0v) is 14.8. The van der Waals surface area contributed by atoms with Crippen molar-refractivity contribution in [3.05, 3.63) is 52.2 Å². The molecule has 126 valence electrons. The Kier molecular flexibility index (Phi) is 4.29. The molecule has 2 amide bonds. The predicted octanol–water partition coefficient (Wildman–Crippen LogP) is 3.94. The lowest BCUT2D eigenvalue weighted by Crippen LogP contribution is -2.56. The minimum absolute atomic E-state index is 0.0626. The highest BCUT2D eigenvalue weighted by molar-refractivity contribution is 7.09. The quantitative estimate of drug-likeness (QED) is 0.918. The SMILES string of the molecule is Cc1ccccc1NC(=O)N1C2CCC1CN(Cc1cccs1)C2. The third-order valence-corrected chi connectivity index (χ3v) is 6.00. The number of nitrogens with zero attached hydrogens (tertiary/aromatic N) is 2. The predicted molar refractivity (Wildman–Crippen MR) is 98.4 cm³/mol. The number of rotatable bonds is 3. The van der Waals surface area contributed by atoms with Crippen molar-refractivity contribution in [2.75, 3.05) is 18.4 Å². The monoisotopic (exact) mass is 341 g/mol. The average molecular weight is 341 g/mol. The molecule has 0 spiro atoms. The number of likely N-dealkylation sites (tertiary alicyclic amines) is 1. The van der Waals surface area contributed by atoms with Crippen molar-refractivity contribution in [1.29, 1.82) is 0 Å². The molecule has 0 saturated carbocycles. The smallest absolute Gasteiger partial charge is 0.316 e. The lowest BCUT2D eigenvalue weighted by Gasteiger charge is -2.40. The molecule has 24 heavy (non-hydrogen) atoms. The molecule has 2 saturated heterocycles. The molecule has 2 bridgehead atoms. The minimum atomic E-state index is 0.0626. The van der Waals surface area contributed by atoms with E-state index in [0.717, 1.165) is 43.7 Å². The molecule has 4 rings (SSSR count). The number of thiophene rings is 1. The number of aryl methyl sites for hydroxylation is 1. The van der Waals surface area contributed by atoms with Gasteiger partial charge in [0, 0.05) is 42.3 Å². The molecule has 2 aliphatic heterocycles. The van der Waals surface area contributed by atoms with Crippen LogP contribution in [0.3, 0.4) is 0 Å². The Balaban J connectivity index is 1.42. The van der Waals surface area contributed by atoms with Gasteiger partial charge in [-0.15, -0.1) is 11.3 Å². The maximum absolute atomic E-state index is 12.8. The van der Waals surface area contributed by atoms with E-state index in [1.807, 2.05) is 42.5 Å². The van der Waals surface area contributed by atoms with E-state index >= 15 is 0 Å². The van der Waals surface area contributed by atoms with Gasteiger partial charge >= 0.3 is 6.03 Å². The molecule has 2 fully saturated rings. The second-order valence-corrected chi connectivity index (χ2v) is 7.84. The first kappa shape index (κ1) is 15.7. The van der Waals surface area contributed by atoms with Gasteiger partial charge in [0.2, 0.25) is 0 Å². The van der Waals surface area contributed by atoms with Crippen LogP contribution < -0.4 is 5.32 Å². The minimum Gasteiger partial charge on any atom is -0.316 e. The van der Waals surface area contributed by atoms with E-state index in [9.17, 15) is 4.79 Å². The molecule has 1 N–H and O–H groups in total. The van der Waals surface area contributed by atoms with Gasteiger partial charge in [-0.1, -0.05) is 24.3 Å². The number of piperazine rings is 1. The van der Waals surface area contributed by atoms with Crippen LogP contribution in [0.2, 0.25) is 0 Å². The molecule has 2 atom stereocenters. The molecule has 2 aromatic rings. The Bertz CT molecular complexity index is 701. The average Bonchev–Trinajstić information content (AvgIpc) is 3.16. The molecule has 0 radical (unpaired) electrons. The van der Waals surface area contributed by atoms with Gasteiger partial charge in [-0.2, -0.15) is 0 Å². The van der Waals surface area contributed by atoms with Crippen molar-refractivity contribution < 1.29 is 4.79 Å². The van der Waals surface area contributed by atoms with Gasteiger partial charge in [0.1, 0.15) is 0 Å². The van der Waals surface area contributed by atoms with Crippen molar-refractivity contribution in [3.63, 3.8) is 0 Å². The van der Waals surface area contributed by atoms with Crippen LogP contribution in [0.4, 0.5) is 10.5 Å². The summed E-state index contributed by atoms with van der Waals surface area (Å²) in [6, 6.07) is 13.0. The summed E-state index contributed by atoms with van der Waals surface area (Å²) in [6.07, 6.45) is 2.24. The number of hydrogen-bond acceptors (Lipinski definition) is 3. The molecule has 1 aromatic carbocycles. The number of nitrogens with one attached hydrogen (secondary N) is 1. The zero-order valence-electron chi connectivity index (χ0n) is 13.9. The summed E-state index contributed by atoms with van der Waals surface area (Å²) in [7, 11) is 0. The highest BCUT2D eigenvalue weighted by Crippen LogP contribution is 2.32. The van der Waals surface area contributed by atoms with Crippen molar-refractivity contribution in [2.45, 2.75) is 38.4 Å². The summed E-state index contributed by atoms with van der Waals surface area (Å²) in [6.45, 7) is 5.01. The molecule has 2 unspecified atom stereocenters. The molecule has 4 nitrogen and oxygen atoms in total. The van der Waals surface area contributed by atoms with Gasteiger partial charge < -0.3 is 10.2 Å². The second-order valence-electron chi connectivity index (χ2n) is 6.81. The van der Waals surface area contributed by atoms with Crippen LogP contribution in [0, 0.1) is 6.92 Å². The standard InChI is InChI=1S/C19H23N3OS/c1-14-5-2-3-7-18(14)20-19(23)22-15-8-9-16(22)12-21(11-15)13-17-6-4-10-24-17/h2-7,10,15-16H,8-9,11-13H2,1H3,(H,20,23). The summed E-state index contributed by atoms with van der Waals surface area (Å²) < 4.78 is 0. The fraction of sp³-hybridized carbons (Fsp3) is 0.421. The number of benzene rings is 1. The summed E-state index contributed by atoms with van der Waals surface area (Å²) >= 11 is 1.82. The van der Waals surface area contributed by atoms with Crippen LogP contribution in [0.15, 0.2) is 41.8 Å². The van der Waals surface area contributed by atoms with E-state index in [1.165, 1.54) is 4.88 Å². The number of carbonyl (C=O) groups excluding carboxylic acids is 1. The van der Waals surface area contributed by atoms with E-state index in [2.05, 4.69) is 32.6 Å². The molecular formula is C19H23N3OS. The molecule has 3 heterocycles. The largest absolute Gasteiger partial charge is 0.322 e. The van der Waals surface area contributed by atoms with Crippen LogP contribution in [-0.4, -0.2) is 41.0 Å². The number of fused-ring (bicyclic) bond motifs is 2. The van der Waals surface area contributed by atoms with Crippen LogP contribution in [0.1, 0.15) is 23.3 Å². The highest BCUT2D eigenvalue weighted by atomic mass is 32.1. The number of hydrogen-bond donors (Lipinski definition) is 1. The van der Waals surface area contributed by atoms with Crippen molar-refractivity contribution >= 4 is 23.1 Å². The molecule has 1 aromatic heterocycles. The van der Waals surface area contributed by atoms with E-state index in [-0.39, 0.29) is 6.03 Å². The first-order valence-electron chi connectivity index (χ1n) is 8.60. The summed E-state index contributed by atoms with van der Waals surface area (Å²) in [5.41, 5.74) is 2.03. The van der Waals surface area contributed by atoms with E-state index in [4.69, 9.17) is 0 Å². The van der Waals surface area contributed by atoms with E-state index < -0.39 is 0 Å². The maximum Gasteiger partial charge on any atom is 0.322 e. The molecule has 0 aliphatic carbocycles. The van der Waals surface area contributed by atoms with Crippen molar-refractivity contribution in [3.8, 4) is 0 Å². The van der Waals surface area contributed by atoms with Gasteiger partial charge in [-0.05, 0) is 42.8 Å². The summed E-state index contributed by atoms with van der Waals surface area (Å²) in [4.78, 5) is 18.8.